The maximum Gasteiger partial charge on any atom is 0.161 e. The summed E-state index contributed by atoms with van der Waals surface area (Å²) in [7, 11) is 0. The third-order valence-electron chi connectivity index (χ3n) is 2.37. The van der Waals surface area contributed by atoms with Crippen LogP contribution in [0.15, 0.2) is 28.7 Å². The van der Waals surface area contributed by atoms with Crippen molar-refractivity contribution in [2.45, 2.75) is 0 Å². The van der Waals surface area contributed by atoms with Crippen molar-refractivity contribution < 1.29 is 17.6 Å². The zero-order valence-corrected chi connectivity index (χ0v) is 10.9. The van der Waals surface area contributed by atoms with Crippen LogP contribution in [-0.4, -0.2) is 0 Å². The molecule has 0 saturated heterocycles. The minimum absolute atomic E-state index is 0.00448. The first-order valence-corrected chi connectivity index (χ1v) is 5.84. The fourth-order valence-electron chi connectivity index (χ4n) is 1.43. The smallest absolute Gasteiger partial charge is 0.161 e. The Morgan fingerprint density at radius 1 is 0.789 bits per heavy atom. The molecule has 0 atom stereocenters. The van der Waals surface area contributed by atoms with Crippen LogP contribution in [0.4, 0.5) is 34.6 Å². The van der Waals surface area contributed by atoms with Gasteiger partial charge in [0.25, 0.3) is 0 Å². The van der Waals surface area contributed by atoms with Crippen LogP contribution in [0.2, 0.25) is 0 Å². The summed E-state index contributed by atoms with van der Waals surface area (Å²) in [6.07, 6.45) is 0. The van der Waals surface area contributed by atoms with Gasteiger partial charge < -0.3 is 11.1 Å². The van der Waals surface area contributed by atoms with Crippen LogP contribution >= 0.6 is 15.9 Å². The highest BCUT2D eigenvalue weighted by Crippen LogP contribution is 2.30. The first kappa shape index (κ1) is 13.7. The number of nitrogen functional groups attached to an aromatic ring is 1. The highest BCUT2D eigenvalue weighted by Gasteiger charge is 2.12. The second kappa shape index (κ2) is 5.08. The summed E-state index contributed by atoms with van der Waals surface area (Å²) in [6, 6.07) is 3.35. The molecule has 0 aliphatic heterocycles. The summed E-state index contributed by atoms with van der Waals surface area (Å²) in [5.41, 5.74) is 5.41. The van der Waals surface area contributed by atoms with E-state index in [0.717, 1.165) is 6.07 Å². The fourth-order valence-corrected chi connectivity index (χ4v) is 1.78. The molecule has 2 aromatic rings. The molecule has 2 aromatic carbocycles. The number of benzene rings is 2. The fraction of sp³-hybridized carbons (Fsp3) is 0. The third kappa shape index (κ3) is 2.81. The Balaban J connectivity index is 2.42. The number of hydrogen-bond acceptors (Lipinski definition) is 2. The van der Waals surface area contributed by atoms with Gasteiger partial charge in [-0.05, 0) is 22.0 Å². The van der Waals surface area contributed by atoms with E-state index in [9.17, 15) is 17.6 Å². The Bertz CT molecular complexity index is 591. The average Bonchev–Trinajstić information content (AvgIpc) is 2.32. The Kier molecular flexibility index (Phi) is 3.66. The summed E-state index contributed by atoms with van der Waals surface area (Å²) in [4.78, 5) is 0. The minimum atomic E-state index is -1.30. The zero-order valence-electron chi connectivity index (χ0n) is 9.28. The Hall–Kier alpha value is -1.76. The molecule has 2 rings (SSSR count). The summed E-state index contributed by atoms with van der Waals surface area (Å²) in [5, 5.41) is 2.47. The zero-order chi connectivity index (χ0) is 14.2. The third-order valence-corrected chi connectivity index (χ3v) is 2.98. The molecule has 0 aromatic heterocycles. The molecule has 0 bridgehead atoms. The van der Waals surface area contributed by atoms with Gasteiger partial charge in [0.05, 0.1) is 21.5 Å². The average molecular weight is 335 g/mol. The van der Waals surface area contributed by atoms with Crippen LogP contribution in [0.25, 0.3) is 0 Å². The van der Waals surface area contributed by atoms with E-state index in [4.69, 9.17) is 5.73 Å². The number of nitrogens with two attached hydrogens (primary N) is 1. The second-order valence-corrected chi connectivity index (χ2v) is 4.58. The molecular formula is C12H7BrF4N2. The van der Waals surface area contributed by atoms with E-state index < -0.39 is 23.3 Å². The lowest BCUT2D eigenvalue weighted by Gasteiger charge is -2.11. The van der Waals surface area contributed by atoms with Gasteiger partial charge >= 0.3 is 0 Å². The van der Waals surface area contributed by atoms with Crippen molar-refractivity contribution in [1.82, 2.24) is 0 Å². The van der Waals surface area contributed by atoms with E-state index in [1.54, 1.807) is 0 Å². The molecule has 0 radical (unpaired) electrons. The summed E-state index contributed by atoms with van der Waals surface area (Å²) < 4.78 is 52.5. The second-order valence-electron chi connectivity index (χ2n) is 3.72. The predicted octanol–water partition coefficient (Wildman–Crippen LogP) is 4.33. The molecule has 0 aliphatic rings. The van der Waals surface area contributed by atoms with Gasteiger partial charge in [-0.15, -0.1) is 0 Å². The first-order valence-electron chi connectivity index (χ1n) is 5.04. The minimum Gasteiger partial charge on any atom is -0.397 e. The van der Waals surface area contributed by atoms with Gasteiger partial charge in [-0.3, -0.25) is 0 Å². The molecule has 0 amide bonds. The van der Waals surface area contributed by atoms with E-state index in [2.05, 4.69) is 21.2 Å². The monoisotopic (exact) mass is 334 g/mol. The SMILES string of the molecule is Nc1cc(F)c(Br)cc1Nc1cc(F)c(F)cc1F. The highest BCUT2D eigenvalue weighted by atomic mass is 79.9. The van der Waals surface area contributed by atoms with Gasteiger partial charge in [0.1, 0.15) is 11.6 Å². The van der Waals surface area contributed by atoms with Crippen LogP contribution in [0.3, 0.4) is 0 Å². The van der Waals surface area contributed by atoms with Gasteiger partial charge in [-0.1, -0.05) is 0 Å². The number of halogens is 5. The maximum absolute atomic E-state index is 13.4. The molecule has 0 fully saturated rings. The van der Waals surface area contributed by atoms with Crippen molar-refractivity contribution in [2.24, 2.45) is 0 Å². The van der Waals surface area contributed by atoms with Crippen molar-refractivity contribution in [3.8, 4) is 0 Å². The Morgan fingerprint density at radius 3 is 2.11 bits per heavy atom. The lowest BCUT2D eigenvalue weighted by molar-refractivity contribution is 0.496. The van der Waals surface area contributed by atoms with Crippen molar-refractivity contribution in [2.75, 3.05) is 11.1 Å². The summed E-state index contributed by atoms with van der Waals surface area (Å²) >= 11 is 2.94. The predicted molar refractivity (Wildman–Crippen MR) is 68.1 cm³/mol. The Labute approximate surface area is 114 Å². The lowest BCUT2D eigenvalue weighted by atomic mass is 10.2. The van der Waals surface area contributed by atoms with Gasteiger partial charge in [0.15, 0.2) is 11.6 Å². The van der Waals surface area contributed by atoms with Gasteiger partial charge in [-0.2, -0.15) is 0 Å². The van der Waals surface area contributed by atoms with Crippen molar-refractivity contribution in [3.63, 3.8) is 0 Å². The van der Waals surface area contributed by atoms with Gasteiger partial charge in [0.2, 0.25) is 0 Å². The number of rotatable bonds is 2. The molecule has 0 saturated carbocycles. The largest absolute Gasteiger partial charge is 0.397 e. The Morgan fingerprint density at radius 2 is 1.42 bits per heavy atom. The van der Waals surface area contributed by atoms with Crippen LogP contribution in [-0.2, 0) is 0 Å². The highest BCUT2D eigenvalue weighted by molar-refractivity contribution is 9.10. The van der Waals surface area contributed by atoms with Gasteiger partial charge in [0, 0.05) is 18.2 Å². The van der Waals surface area contributed by atoms with Crippen molar-refractivity contribution in [1.29, 1.82) is 0 Å². The van der Waals surface area contributed by atoms with Crippen LogP contribution in [0.5, 0.6) is 0 Å². The van der Waals surface area contributed by atoms with Crippen LogP contribution in [0, 0.1) is 23.3 Å². The quantitative estimate of drug-likeness (QED) is 0.487. The van der Waals surface area contributed by atoms with E-state index >= 15 is 0 Å². The summed E-state index contributed by atoms with van der Waals surface area (Å²) in [6.45, 7) is 0. The number of hydrogen-bond donors (Lipinski definition) is 2. The first-order chi connectivity index (χ1) is 8.88. The van der Waals surface area contributed by atoms with Crippen molar-refractivity contribution >= 4 is 33.0 Å². The topological polar surface area (TPSA) is 38.0 Å². The number of nitrogens with one attached hydrogen (secondary N) is 1. The van der Waals surface area contributed by atoms with E-state index in [0.29, 0.717) is 12.1 Å². The molecule has 0 heterocycles. The molecule has 3 N–H and O–H groups in total. The lowest BCUT2D eigenvalue weighted by Crippen LogP contribution is -2.01. The van der Waals surface area contributed by atoms with E-state index in [1.807, 2.05) is 0 Å². The van der Waals surface area contributed by atoms with Gasteiger partial charge in [-0.25, -0.2) is 17.6 Å². The maximum atomic E-state index is 13.4. The molecular weight excluding hydrogens is 328 g/mol. The molecule has 0 spiro atoms. The van der Waals surface area contributed by atoms with Crippen LogP contribution in [0.1, 0.15) is 0 Å². The normalized spacial score (nSPS) is 10.6. The van der Waals surface area contributed by atoms with Crippen molar-refractivity contribution in [3.05, 3.63) is 52.0 Å². The number of anilines is 3. The van der Waals surface area contributed by atoms with Crippen LogP contribution < -0.4 is 11.1 Å². The van der Waals surface area contributed by atoms with E-state index in [1.165, 1.54) is 6.07 Å². The summed E-state index contributed by atoms with van der Waals surface area (Å²) in [5.74, 6) is -4.08. The molecule has 19 heavy (non-hydrogen) atoms. The standard InChI is InChI=1S/C12H7BrF4N2/c13-5-1-12(10(18)3-6(5)14)19-11-4-8(16)7(15)2-9(11)17/h1-4,19H,18H2. The molecule has 2 nitrogen and oxygen atoms in total. The molecule has 7 heteroatoms. The van der Waals surface area contributed by atoms with E-state index in [-0.39, 0.29) is 21.5 Å². The molecule has 0 aliphatic carbocycles. The molecule has 100 valence electrons. The molecule has 0 unspecified atom stereocenters.